The SMILES string of the molecule is Cc1nc(C)n(Cc2ccccc2CN)n1. The van der Waals surface area contributed by atoms with Gasteiger partial charge in [0.25, 0.3) is 0 Å². The minimum absolute atomic E-state index is 0.558. The Morgan fingerprint density at radius 3 is 2.44 bits per heavy atom. The van der Waals surface area contributed by atoms with Gasteiger partial charge in [-0.2, -0.15) is 5.10 Å². The molecule has 0 fully saturated rings. The number of hydrogen-bond donors (Lipinski definition) is 1. The molecule has 0 saturated carbocycles. The van der Waals surface area contributed by atoms with E-state index in [9.17, 15) is 0 Å². The Bertz CT molecular complexity index is 488. The van der Waals surface area contributed by atoms with Crippen molar-refractivity contribution in [1.82, 2.24) is 14.8 Å². The van der Waals surface area contributed by atoms with Gasteiger partial charge in [0.15, 0.2) is 0 Å². The number of hydrogen-bond acceptors (Lipinski definition) is 3. The maximum absolute atomic E-state index is 5.70. The summed E-state index contributed by atoms with van der Waals surface area (Å²) >= 11 is 0. The number of benzene rings is 1. The Hall–Kier alpha value is -1.68. The Morgan fingerprint density at radius 2 is 1.88 bits per heavy atom. The molecule has 0 atom stereocenters. The second-order valence-corrected chi connectivity index (χ2v) is 3.84. The van der Waals surface area contributed by atoms with E-state index in [1.165, 1.54) is 5.56 Å². The van der Waals surface area contributed by atoms with Gasteiger partial charge in [0.05, 0.1) is 6.54 Å². The minimum atomic E-state index is 0.558. The fourth-order valence-corrected chi connectivity index (χ4v) is 1.78. The maximum Gasteiger partial charge on any atom is 0.147 e. The third-order valence-corrected chi connectivity index (χ3v) is 2.62. The fourth-order valence-electron chi connectivity index (χ4n) is 1.78. The van der Waals surface area contributed by atoms with Crippen molar-refractivity contribution in [2.45, 2.75) is 26.9 Å². The summed E-state index contributed by atoms with van der Waals surface area (Å²) in [6.45, 7) is 5.16. The normalized spacial score (nSPS) is 10.7. The summed E-state index contributed by atoms with van der Waals surface area (Å²) < 4.78 is 1.91. The van der Waals surface area contributed by atoms with Crippen molar-refractivity contribution in [3.63, 3.8) is 0 Å². The van der Waals surface area contributed by atoms with E-state index in [1.807, 2.05) is 30.7 Å². The van der Waals surface area contributed by atoms with E-state index in [0.29, 0.717) is 6.54 Å². The molecule has 1 aromatic heterocycles. The monoisotopic (exact) mass is 216 g/mol. The van der Waals surface area contributed by atoms with E-state index in [0.717, 1.165) is 23.8 Å². The highest BCUT2D eigenvalue weighted by Gasteiger charge is 2.05. The van der Waals surface area contributed by atoms with Gasteiger partial charge in [0.2, 0.25) is 0 Å². The third kappa shape index (κ3) is 2.12. The van der Waals surface area contributed by atoms with Gasteiger partial charge in [-0.15, -0.1) is 0 Å². The highest BCUT2D eigenvalue weighted by molar-refractivity contribution is 5.27. The van der Waals surface area contributed by atoms with Gasteiger partial charge in [-0.1, -0.05) is 24.3 Å². The number of aromatic nitrogens is 3. The van der Waals surface area contributed by atoms with Crippen LogP contribution in [-0.4, -0.2) is 14.8 Å². The first-order valence-electron chi connectivity index (χ1n) is 5.35. The molecule has 2 N–H and O–H groups in total. The van der Waals surface area contributed by atoms with Crippen LogP contribution in [0.15, 0.2) is 24.3 Å². The standard InChI is InChI=1S/C12H16N4/c1-9-14-10(2)16(15-9)8-12-6-4-3-5-11(12)7-13/h3-6H,7-8,13H2,1-2H3. The number of nitrogens with two attached hydrogens (primary N) is 1. The number of rotatable bonds is 3. The van der Waals surface area contributed by atoms with Crippen LogP contribution in [0.3, 0.4) is 0 Å². The van der Waals surface area contributed by atoms with Gasteiger partial charge in [-0.05, 0) is 25.0 Å². The largest absolute Gasteiger partial charge is 0.326 e. The van der Waals surface area contributed by atoms with Crippen LogP contribution in [0.5, 0.6) is 0 Å². The van der Waals surface area contributed by atoms with E-state index >= 15 is 0 Å². The van der Waals surface area contributed by atoms with Crippen LogP contribution in [0.2, 0.25) is 0 Å². The highest BCUT2D eigenvalue weighted by atomic mass is 15.3. The van der Waals surface area contributed by atoms with E-state index < -0.39 is 0 Å². The Morgan fingerprint density at radius 1 is 1.19 bits per heavy atom. The van der Waals surface area contributed by atoms with Gasteiger partial charge in [-0.3, -0.25) is 0 Å². The summed E-state index contributed by atoms with van der Waals surface area (Å²) in [6, 6.07) is 8.16. The summed E-state index contributed by atoms with van der Waals surface area (Å²) in [4.78, 5) is 4.28. The van der Waals surface area contributed by atoms with Crippen molar-refractivity contribution in [1.29, 1.82) is 0 Å². The molecule has 0 spiro atoms. The average Bonchev–Trinajstić information content (AvgIpc) is 2.58. The van der Waals surface area contributed by atoms with E-state index in [2.05, 4.69) is 22.2 Å². The van der Waals surface area contributed by atoms with Crippen molar-refractivity contribution >= 4 is 0 Å². The molecular formula is C12H16N4. The Balaban J connectivity index is 2.30. The lowest BCUT2D eigenvalue weighted by molar-refractivity contribution is 0.651. The van der Waals surface area contributed by atoms with Crippen LogP contribution in [0, 0.1) is 13.8 Å². The van der Waals surface area contributed by atoms with Gasteiger partial charge in [0, 0.05) is 6.54 Å². The molecule has 0 radical (unpaired) electrons. The van der Waals surface area contributed by atoms with Crippen molar-refractivity contribution in [3.8, 4) is 0 Å². The molecule has 2 aromatic rings. The molecule has 4 heteroatoms. The van der Waals surface area contributed by atoms with Gasteiger partial charge >= 0.3 is 0 Å². The zero-order chi connectivity index (χ0) is 11.5. The molecule has 4 nitrogen and oxygen atoms in total. The molecule has 0 unspecified atom stereocenters. The van der Waals surface area contributed by atoms with Gasteiger partial charge in [-0.25, -0.2) is 9.67 Å². The maximum atomic E-state index is 5.70. The second kappa shape index (κ2) is 4.45. The van der Waals surface area contributed by atoms with Crippen LogP contribution < -0.4 is 5.73 Å². The number of nitrogens with zero attached hydrogens (tertiary/aromatic N) is 3. The highest BCUT2D eigenvalue weighted by Crippen LogP contribution is 2.10. The quantitative estimate of drug-likeness (QED) is 0.843. The molecule has 2 rings (SSSR count). The van der Waals surface area contributed by atoms with E-state index in [-0.39, 0.29) is 0 Å². The summed E-state index contributed by atoms with van der Waals surface area (Å²) in [5.41, 5.74) is 8.07. The first kappa shape index (κ1) is 10.8. The van der Waals surface area contributed by atoms with Crippen LogP contribution >= 0.6 is 0 Å². The van der Waals surface area contributed by atoms with Gasteiger partial charge in [0.1, 0.15) is 11.6 Å². The molecule has 1 heterocycles. The zero-order valence-corrected chi connectivity index (χ0v) is 9.64. The Labute approximate surface area is 95.1 Å². The second-order valence-electron chi connectivity index (χ2n) is 3.84. The predicted octanol–water partition coefficient (Wildman–Crippen LogP) is 1.40. The van der Waals surface area contributed by atoms with Crippen molar-refractivity contribution in [3.05, 3.63) is 47.0 Å². The van der Waals surface area contributed by atoms with Crippen molar-refractivity contribution < 1.29 is 0 Å². The van der Waals surface area contributed by atoms with Gasteiger partial charge < -0.3 is 5.73 Å². The molecule has 0 amide bonds. The molecule has 0 saturated heterocycles. The summed E-state index contributed by atoms with van der Waals surface area (Å²) in [7, 11) is 0. The summed E-state index contributed by atoms with van der Waals surface area (Å²) in [5, 5.41) is 4.35. The lowest BCUT2D eigenvalue weighted by Gasteiger charge is -2.08. The minimum Gasteiger partial charge on any atom is -0.326 e. The smallest absolute Gasteiger partial charge is 0.147 e. The fraction of sp³-hybridized carbons (Fsp3) is 0.333. The predicted molar refractivity (Wildman–Crippen MR) is 62.9 cm³/mol. The van der Waals surface area contributed by atoms with Crippen LogP contribution in [0.25, 0.3) is 0 Å². The van der Waals surface area contributed by atoms with Crippen LogP contribution in [-0.2, 0) is 13.1 Å². The lowest BCUT2D eigenvalue weighted by Crippen LogP contribution is -2.08. The third-order valence-electron chi connectivity index (χ3n) is 2.62. The first-order chi connectivity index (χ1) is 7.70. The van der Waals surface area contributed by atoms with Crippen LogP contribution in [0.1, 0.15) is 22.8 Å². The van der Waals surface area contributed by atoms with Crippen molar-refractivity contribution in [2.75, 3.05) is 0 Å². The van der Waals surface area contributed by atoms with E-state index in [4.69, 9.17) is 5.73 Å². The lowest BCUT2D eigenvalue weighted by atomic mass is 10.1. The molecule has 16 heavy (non-hydrogen) atoms. The zero-order valence-electron chi connectivity index (χ0n) is 9.64. The molecule has 0 aliphatic carbocycles. The molecule has 0 aliphatic rings. The summed E-state index contributed by atoms with van der Waals surface area (Å²) in [5.74, 6) is 1.74. The molecule has 0 aliphatic heterocycles. The van der Waals surface area contributed by atoms with Crippen LogP contribution in [0.4, 0.5) is 0 Å². The molecule has 0 bridgehead atoms. The molecule has 1 aromatic carbocycles. The molecular weight excluding hydrogens is 200 g/mol. The topological polar surface area (TPSA) is 56.7 Å². The van der Waals surface area contributed by atoms with E-state index in [1.54, 1.807) is 0 Å². The Kier molecular flexibility index (Phi) is 3.01. The van der Waals surface area contributed by atoms with Crippen molar-refractivity contribution in [2.24, 2.45) is 5.73 Å². The number of aryl methyl sites for hydroxylation is 2. The first-order valence-corrected chi connectivity index (χ1v) is 5.35. The average molecular weight is 216 g/mol. The molecule has 84 valence electrons. The summed E-state index contributed by atoms with van der Waals surface area (Å²) in [6.07, 6.45) is 0.